The maximum Gasteiger partial charge on any atom is 0.600 e. The zero-order chi connectivity index (χ0) is 16.8. The molecule has 0 N–H and O–H groups in total. The first-order valence-electron chi connectivity index (χ1n) is 7.99. The number of benzene rings is 2. The van der Waals surface area contributed by atoms with Crippen molar-refractivity contribution >= 4 is 19.3 Å². The summed E-state index contributed by atoms with van der Waals surface area (Å²) in [6, 6.07) is 12.9. The van der Waals surface area contributed by atoms with E-state index in [1.54, 1.807) is 24.3 Å². The highest BCUT2D eigenvalue weighted by Crippen LogP contribution is 2.27. The Bertz CT molecular complexity index is 683. The third-order valence-electron chi connectivity index (χ3n) is 3.87. The van der Waals surface area contributed by atoms with Gasteiger partial charge in [-0.2, -0.15) is 0 Å². The van der Waals surface area contributed by atoms with Crippen LogP contribution < -0.4 is 5.30 Å². The minimum atomic E-state index is -2.18. The summed E-state index contributed by atoms with van der Waals surface area (Å²) in [5.74, 6) is -0.494. The van der Waals surface area contributed by atoms with E-state index < -0.39 is 14.0 Å². The van der Waals surface area contributed by atoms with Crippen molar-refractivity contribution in [1.29, 1.82) is 0 Å². The van der Waals surface area contributed by atoms with Crippen LogP contribution in [0.25, 0.3) is 0 Å². The fourth-order valence-corrected chi connectivity index (χ4v) is 3.35. The van der Waals surface area contributed by atoms with Crippen molar-refractivity contribution in [3.8, 4) is 0 Å². The van der Waals surface area contributed by atoms with Gasteiger partial charge in [-0.25, -0.2) is 9.32 Å². The zero-order valence-electron chi connectivity index (χ0n) is 13.8. The molecule has 0 saturated heterocycles. The van der Waals surface area contributed by atoms with E-state index in [0.717, 1.165) is 30.4 Å². The fraction of sp³-hybridized carbons (Fsp3) is 0.316. The van der Waals surface area contributed by atoms with Crippen LogP contribution in [-0.2, 0) is 28.4 Å². The van der Waals surface area contributed by atoms with Crippen LogP contribution in [0.2, 0.25) is 0 Å². The van der Waals surface area contributed by atoms with Crippen molar-refractivity contribution in [1.82, 2.24) is 0 Å². The molecule has 2 rings (SSSR count). The van der Waals surface area contributed by atoms with Crippen molar-refractivity contribution in [3.63, 3.8) is 0 Å². The summed E-state index contributed by atoms with van der Waals surface area (Å²) >= 11 is 0. The maximum absolute atomic E-state index is 12.6. The Morgan fingerprint density at radius 1 is 0.957 bits per heavy atom. The van der Waals surface area contributed by atoms with Crippen LogP contribution in [0.4, 0.5) is 0 Å². The summed E-state index contributed by atoms with van der Waals surface area (Å²) in [4.78, 5) is 12.6. The predicted molar refractivity (Wildman–Crippen MR) is 93.7 cm³/mol. The molecule has 0 heterocycles. The van der Waals surface area contributed by atoms with Gasteiger partial charge in [0.15, 0.2) is 0 Å². The molecule has 0 aliphatic heterocycles. The van der Waals surface area contributed by atoms with Gasteiger partial charge in [0.25, 0.3) is 0 Å². The van der Waals surface area contributed by atoms with Crippen molar-refractivity contribution in [2.24, 2.45) is 0 Å². The number of hydrogen-bond donors (Lipinski definition) is 0. The molecule has 0 aliphatic carbocycles. The van der Waals surface area contributed by atoms with Crippen LogP contribution in [-0.4, -0.2) is 5.97 Å². The lowest BCUT2D eigenvalue weighted by Crippen LogP contribution is -2.11. The molecule has 0 amide bonds. The Hall–Kier alpha value is -1.99. The Morgan fingerprint density at radius 3 is 2.00 bits per heavy atom. The summed E-state index contributed by atoms with van der Waals surface area (Å²) in [6.45, 7) is 6.13. The van der Waals surface area contributed by atoms with Crippen molar-refractivity contribution < 1.29 is 13.9 Å². The largest absolute Gasteiger partial charge is 0.600 e. The molecule has 2 aromatic carbocycles. The third kappa shape index (κ3) is 4.05. The van der Waals surface area contributed by atoms with Crippen LogP contribution in [0.1, 0.15) is 47.8 Å². The molecule has 0 spiro atoms. The van der Waals surface area contributed by atoms with E-state index in [2.05, 4.69) is 6.92 Å². The Balaban J connectivity index is 2.33. The van der Waals surface area contributed by atoms with Crippen molar-refractivity contribution in [2.75, 3.05) is 0 Å². The van der Waals surface area contributed by atoms with Gasteiger partial charge < -0.3 is 0 Å². The third-order valence-corrected chi connectivity index (χ3v) is 4.92. The van der Waals surface area contributed by atoms with E-state index in [4.69, 9.17) is 4.52 Å². The minimum Gasteiger partial charge on any atom is -0.241 e. The SMILES string of the molecule is CCc1cc(CC)c(C(=O)O[P+](=O)c2ccccc2)c(CC)c1. The van der Waals surface area contributed by atoms with Crippen LogP contribution in [0, 0.1) is 0 Å². The number of hydrogen-bond acceptors (Lipinski definition) is 3. The highest BCUT2D eigenvalue weighted by Gasteiger charge is 2.30. The highest BCUT2D eigenvalue weighted by molar-refractivity contribution is 7.49. The lowest BCUT2D eigenvalue weighted by atomic mass is 9.94. The first-order chi connectivity index (χ1) is 11.1. The molecule has 0 radical (unpaired) electrons. The van der Waals surface area contributed by atoms with Crippen LogP contribution >= 0.6 is 8.03 Å². The zero-order valence-corrected chi connectivity index (χ0v) is 14.7. The normalized spacial score (nSPS) is 11.2. The van der Waals surface area contributed by atoms with Gasteiger partial charge in [-0.3, -0.25) is 0 Å². The lowest BCUT2D eigenvalue weighted by Gasteiger charge is -2.12. The minimum absolute atomic E-state index is 0.494. The molecule has 1 atom stereocenters. The second-order valence-electron chi connectivity index (χ2n) is 5.32. The van der Waals surface area contributed by atoms with Gasteiger partial charge in [0.2, 0.25) is 5.30 Å². The Morgan fingerprint density at radius 2 is 1.52 bits per heavy atom. The van der Waals surface area contributed by atoms with E-state index in [0.29, 0.717) is 10.9 Å². The van der Waals surface area contributed by atoms with Crippen LogP contribution in [0.5, 0.6) is 0 Å². The predicted octanol–water partition coefficient (Wildman–Crippen LogP) is 4.60. The van der Waals surface area contributed by atoms with Gasteiger partial charge in [0.1, 0.15) is 0 Å². The first kappa shape index (κ1) is 17.4. The van der Waals surface area contributed by atoms with E-state index in [-0.39, 0.29) is 0 Å². The molecule has 0 saturated carbocycles. The maximum atomic E-state index is 12.6. The summed E-state index contributed by atoms with van der Waals surface area (Å²) in [6.07, 6.45) is 2.41. The monoisotopic (exact) mass is 329 g/mol. The molecule has 120 valence electrons. The summed E-state index contributed by atoms with van der Waals surface area (Å²) in [5.41, 5.74) is 3.71. The quantitative estimate of drug-likeness (QED) is 0.728. The average molecular weight is 329 g/mol. The fourth-order valence-electron chi connectivity index (χ4n) is 2.59. The topological polar surface area (TPSA) is 43.4 Å². The molecule has 0 aliphatic rings. The number of carbonyl (C=O) groups excluding carboxylic acids is 1. The van der Waals surface area contributed by atoms with Gasteiger partial charge in [-0.1, -0.05) is 51.1 Å². The smallest absolute Gasteiger partial charge is 0.241 e. The molecule has 3 nitrogen and oxygen atoms in total. The van der Waals surface area contributed by atoms with E-state index in [1.165, 1.54) is 5.56 Å². The Labute approximate surface area is 138 Å². The summed E-state index contributed by atoms with van der Waals surface area (Å²) in [5, 5.41) is 0.525. The van der Waals surface area contributed by atoms with Crippen LogP contribution in [0.15, 0.2) is 42.5 Å². The summed E-state index contributed by atoms with van der Waals surface area (Å²) in [7, 11) is -2.18. The number of aryl methyl sites for hydroxylation is 3. The highest BCUT2D eigenvalue weighted by atomic mass is 31.1. The molecule has 1 unspecified atom stereocenters. The van der Waals surface area contributed by atoms with Gasteiger partial charge >= 0.3 is 14.0 Å². The van der Waals surface area contributed by atoms with Crippen LogP contribution in [0.3, 0.4) is 0 Å². The van der Waals surface area contributed by atoms with E-state index in [9.17, 15) is 9.36 Å². The molecule has 0 fully saturated rings. The van der Waals surface area contributed by atoms with Gasteiger partial charge in [0.05, 0.1) is 5.56 Å². The van der Waals surface area contributed by atoms with Gasteiger partial charge in [-0.15, -0.1) is 0 Å². The molecule has 23 heavy (non-hydrogen) atoms. The average Bonchev–Trinajstić information content (AvgIpc) is 2.60. The van der Waals surface area contributed by atoms with Crippen molar-refractivity contribution in [2.45, 2.75) is 40.0 Å². The molecular formula is C19H22O3P+. The number of rotatable bonds is 6. The standard InChI is InChI=1S/C19H22O3P/c1-4-14-12-15(5-2)18(16(6-3)13-14)19(20)22-23(21)17-10-8-7-9-11-17/h7-13H,4-6H2,1-3H3/q+1. The second kappa shape index (κ2) is 8.03. The van der Waals surface area contributed by atoms with Gasteiger partial charge in [0, 0.05) is 0 Å². The molecule has 4 heteroatoms. The van der Waals surface area contributed by atoms with E-state index in [1.807, 2.05) is 32.0 Å². The Kier molecular flexibility index (Phi) is 6.06. The van der Waals surface area contributed by atoms with Gasteiger partial charge in [-0.05, 0) is 52.7 Å². The summed E-state index contributed by atoms with van der Waals surface area (Å²) < 4.78 is 17.5. The molecular weight excluding hydrogens is 307 g/mol. The molecule has 2 aromatic rings. The lowest BCUT2D eigenvalue weighted by molar-refractivity contribution is 0.0749. The second-order valence-corrected chi connectivity index (χ2v) is 6.53. The number of carbonyl (C=O) groups is 1. The van der Waals surface area contributed by atoms with Crippen molar-refractivity contribution in [3.05, 3.63) is 64.7 Å². The first-order valence-corrected chi connectivity index (χ1v) is 9.17. The molecule has 0 aromatic heterocycles. The van der Waals surface area contributed by atoms with E-state index >= 15 is 0 Å². The molecule has 0 bridgehead atoms.